The van der Waals surface area contributed by atoms with Gasteiger partial charge in [0, 0.05) is 6.42 Å². The molecule has 0 aromatic carbocycles. The highest BCUT2D eigenvalue weighted by Gasteiger charge is 1.98. The van der Waals surface area contributed by atoms with Crippen LogP contribution in [0.1, 0.15) is 25.5 Å². The van der Waals surface area contributed by atoms with Crippen LogP contribution >= 0.6 is 0 Å². The Morgan fingerprint density at radius 3 is 3.23 bits per heavy atom. The Morgan fingerprint density at radius 2 is 2.62 bits per heavy atom. The van der Waals surface area contributed by atoms with Crippen molar-refractivity contribution >= 4 is 12.2 Å². The Morgan fingerprint density at radius 1 is 1.77 bits per heavy atom. The van der Waals surface area contributed by atoms with Crippen LogP contribution in [0.3, 0.4) is 0 Å². The van der Waals surface area contributed by atoms with Crippen LogP contribution in [-0.4, -0.2) is 12.2 Å². The number of carbonyl (C=O) groups excluding carboxylic acids is 1. The Kier molecular flexibility index (Phi) is 3.75. The molecule has 13 heavy (non-hydrogen) atoms. The highest BCUT2D eigenvalue weighted by Crippen LogP contribution is 1.96. The van der Waals surface area contributed by atoms with Crippen LogP contribution in [0.2, 0.25) is 0 Å². The van der Waals surface area contributed by atoms with Gasteiger partial charge in [-0.3, -0.25) is 0 Å². The molecule has 0 N–H and O–H groups in total. The van der Waals surface area contributed by atoms with Crippen molar-refractivity contribution in [2.75, 3.05) is 0 Å². The first-order chi connectivity index (χ1) is 6.33. The van der Waals surface area contributed by atoms with Crippen molar-refractivity contribution in [2.45, 2.75) is 19.8 Å². The number of rotatable bonds is 4. The summed E-state index contributed by atoms with van der Waals surface area (Å²) in [6.45, 7) is 1.90. The fourth-order valence-electron chi connectivity index (χ4n) is 0.752. The minimum Gasteiger partial charge on any atom is -0.463 e. The Hall–Kier alpha value is -1.58. The van der Waals surface area contributed by atoms with Crippen LogP contribution in [-0.2, 0) is 9.63 Å². The number of carbonyl (C=O) groups is 1. The smallest absolute Gasteiger partial charge is 0.335 e. The van der Waals surface area contributed by atoms with Gasteiger partial charge in [0.1, 0.15) is 12.0 Å². The third-order valence-electron chi connectivity index (χ3n) is 1.33. The standard InChI is InChI=1S/C9H11NO3/c1-2-4-9(11)13-10-7-8-5-3-6-12-8/h3,5-7H,2,4H2,1H3/b10-7+. The number of hydrogen-bond donors (Lipinski definition) is 0. The highest BCUT2D eigenvalue weighted by molar-refractivity contribution is 5.76. The average Bonchev–Trinajstić information content (AvgIpc) is 2.57. The fraction of sp³-hybridized carbons (Fsp3) is 0.333. The molecule has 0 amide bonds. The van der Waals surface area contributed by atoms with Gasteiger partial charge in [0.2, 0.25) is 0 Å². The Bertz CT molecular complexity index is 277. The minimum atomic E-state index is -0.328. The summed E-state index contributed by atoms with van der Waals surface area (Å²) < 4.78 is 4.93. The van der Waals surface area contributed by atoms with E-state index < -0.39 is 0 Å². The van der Waals surface area contributed by atoms with Gasteiger partial charge < -0.3 is 9.25 Å². The lowest BCUT2D eigenvalue weighted by atomic mass is 10.3. The molecule has 0 saturated carbocycles. The molecule has 0 radical (unpaired) electrons. The first kappa shape index (κ1) is 9.51. The molecule has 4 heteroatoms. The van der Waals surface area contributed by atoms with Gasteiger partial charge in [-0.15, -0.1) is 0 Å². The zero-order chi connectivity index (χ0) is 9.52. The number of oxime groups is 1. The first-order valence-electron chi connectivity index (χ1n) is 4.09. The van der Waals surface area contributed by atoms with Gasteiger partial charge in [-0.1, -0.05) is 12.1 Å². The molecule has 0 spiro atoms. The molecule has 0 saturated heterocycles. The molecule has 1 rings (SSSR count). The molecule has 0 aliphatic heterocycles. The molecule has 1 aromatic heterocycles. The van der Waals surface area contributed by atoms with Crippen molar-refractivity contribution in [1.82, 2.24) is 0 Å². The summed E-state index contributed by atoms with van der Waals surface area (Å²) in [6.07, 6.45) is 4.02. The predicted octanol–water partition coefficient (Wildman–Crippen LogP) is 1.96. The maximum absolute atomic E-state index is 10.8. The SMILES string of the molecule is CCCC(=O)O/N=C/c1ccco1. The Balaban J connectivity index is 2.30. The van der Waals surface area contributed by atoms with Crippen LogP contribution in [0.5, 0.6) is 0 Å². The number of hydrogen-bond acceptors (Lipinski definition) is 4. The van der Waals surface area contributed by atoms with E-state index in [1.54, 1.807) is 12.1 Å². The monoisotopic (exact) mass is 181 g/mol. The second-order valence-corrected chi connectivity index (χ2v) is 2.46. The van der Waals surface area contributed by atoms with Crippen molar-refractivity contribution in [2.24, 2.45) is 5.16 Å². The second kappa shape index (κ2) is 5.13. The van der Waals surface area contributed by atoms with Gasteiger partial charge >= 0.3 is 5.97 Å². The summed E-state index contributed by atoms with van der Waals surface area (Å²) in [5.41, 5.74) is 0. The molecule has 0 bridgehead atoms. The third kappa shape index (κ3) is 3.55. The molecule has 0 aliphatic carbocycles. The van der Waals surface area contributed by atoms with E-state index in [4.69, 9.17) is 4.42 Å². The van der Waals surface area contributed by atoms with Gasteiger partial charge in [0.25, 0.3) is 0 Å². The van der Waals surface area contributed by atoms with E-state index >= 15 is 0 Å². The molecule has 1 aromatic rings. The second-order valence-electron chi connectivity index (χ2n) is 2.46. The molecule has 0 aliphatic rings. The molecular weight excluding hydrogens is 170 g/mol. The van der Waals surface area contributed by atoms with E-state index in [2.05, 4.69) is 9.99 Å². The average molecular weight is 181 g/mol. The zero-order valence-electron chi connectivity index (χ0n) is 7.40. The lowest BCUT2D eigenvalue weighted by Crippen LogP contribution is -1.98. The number of nitrogens with zero attached hydrogens (tertiary/aromatic N) is 1. The van der Waals surface area contributed by atoms with E-state index in [1.807, 2.05) is 6.92 Å². The normalized spacial score (nSPS) is 10.5. The Labute approximate surface area is 76.2 Å². The maximum atomic E-state index is 10.8. The zero-order valence-corrected chi connectivity index (χ0v) is 7.40. The summed E-state index contributed by atoms with van der Waals surface area (Å²) in [7, 11) is 0. The van der Waals surface area contributed by atoms with E-state index in [1.165, 1.54) is 12.5 Å². The van der Waals surface area contributed by atoms with Gasteiger partial charge in [0.15, 0.2) is 0 Å². The van der Waals surface area contributed by atoms with Crippen LogP contribution in [0, 0.1) is 0 Å². The largest absolute Gasteiger partial charge is 0.463 e. The van der Waals surface area contributed by atoms with Crippen molar-refractivity contribution in [3.63, 3.8) is 0 Å². The van der Waals surface area contributed by atoms with Gasteiger partial charge in [0.05, 0.1) is 6.26 Å². The van der Waals surface area contributed by atoms with Crippen LogP contribution < -0.4 is 0 Å². The number of furan rings is 1. The summed E-state index contributed by atoms with van der Waals surface area (Å²) in [5.74, 6) is 0.231. The first-order valence-corrected chi connectivity index (χ1v) is 4.09. The quantitative estimate of drug-likeness (QED) is 0.405. The van der Waals surface area contributed by atoms with Crippen molar-refractivity contribution < 1.29 is 14.0 Å². The van der Waals surface area contributed by atoms with E-state index in [-0.39, 0.29) is 5.97 Å². The lowest BCUT2D eigenvalue weighted by Gasteiger charge is -1.92. The topological polar surface area (TPSA) is 51.8 Å². The highest BCUT2D eigenvalue weighted by atomic mass is 16.7. The fourth-order valence-corrected chi connectivity index (χ4v) is 0.752. The summed E-state index contributed by atoms with van der Waals surface area (Å²) >= 11 is 0. The van der Waals surface area contributed by atoms with Crippen LogP contribution in [0.25, 0.3) is 0 Å². The van der Waals surface area contributed by atoms with Crippen molar-refractivity contribution in [3.8, 4) is 0 Å². The van der Waals surface area contributed by atoms with E-state index in [9.17, 15) is 4.79 Å². The van der Waals surface area contributed by atoms with Crippen LogP contribution in [0.4, 0.5) is 0 Å². The summed E-state index contributed by atoms with van der Waals surface area (Å²) in [4.78, 5) is 15.3. The third-order valence-corrected chi connectivity index (χ3v) is 1.33. The molecule has 4 nitrogen and oxygen atoms in total. The predicted molar refractivity (Wildman–Crippen MR) is 47.3 cm³/mol. The van der Waals surface area contributed by atoms with Crippen molar-refractivity contribution in [1.29, 1.82) is 0 Å². The summed E-state index contributed by atoms with van der Waals surface area (Å²) in [5, 5.41) is 3.46. The minimum absolute atomic E-state index is 0.328. The molecule has 0 fully saturated rings. The lowest BCUT2D eigenvalue weighted by molar-refractivity contribution is -0.143. The van der Waals surface area contributed by atoms with Crippen molar-refractivity contribution in [3.05, 3.63) is 24.2 Å². The van der Waals surface area contributed by atoms with Gasteiger partial charge in [-0.05, 0) is 18.6 Å². The molecule has 0 atom stereocenters. The molecule has 1 heterocycles. The molecule has 70 valence electrons. The van der Waals surface area contributed by atoms with Crippen LogP contribution in [0.15, 0.2) is 28.0 Å². The van der Waals surface area contributed by atoms with E-state index in [0.29, 0.717) is 12.2 Å². The molecular formula is C9H11NO3. The van der Waals surface area contributed by atoms with Gasteiger partial charge in [-0.2, -0.15) is 0 Å². The summed E-state index contributed by atoms with van der Waals surface area (Å²) in [6, 6.07) is 3.45. The van der Waals surface area contributed by atoms with E-state index in [0.717, 1.165) is 6.42 Å². The van der Waals surface area contributed by atoms with Gasteiger partial charge in [-0.25, -0.2) is 4.79 Å². The molecule has 0 unspecified atom stereocenters. The maximum Gasteiger partial charge on any atom is 0.335 e.